The second kappa shape index (κ2) is 4.40. The van der Waals surface area contributed by atoms with Crippen molar-refractivity contribution in [1.29, 1.82) is 0 Å². The van der Waals surface area contributed by atoms with Crippen molar-refractivity contribution >= 4 is 15.9 Å². The van der Waals surface area contributed by atoms with Crippen molar-refractivity contribution in [3.63, 3.8) is 0 Å². The van der Waals surface area contributed by atoms with Crippen LogP contribution in [0.4, 0.5) is 0 Å². The second-order valence-corrected chi connectivity index (χ2v) is 4.30. The molecule has 5 heteroatoms. The van der Waals surface area contributed by atoms with Gasteiger partial charge in [0.1, 0.15) is 0 Å². The van der Waals surface area contributed by atoms with E-state index in [2.05, 4.69) is 37.9 Å². The first kappa shape index (κ1) is 10.1. The molecule has 14 heavy (non-hydrogen) atoms. The fraction of sp³-hybridized carbons (Fsp3) is 0.778. The lowest BCUT2D eigenvalue weighted by atomic mass is 10.1. The van der Waals surface area contributed by atoms with E-state index in [9.17, 15) is 0 Å². The van der Waals surface area contributed by atoms with Gasteiger partial charge < -0.3 is 9.42 Å². The second-order valence-electron chi connectivity index (χ2n) is 3.59. The molecular formula is C9H14BrN3O. The largest absolute Gasteiger partial charge is 0.338 e. The molecule has 2 heterocycles. The van der Waals surface area contributed by atoms with Crippen molar-refractivity contribution in [2.24, 2.45) is 0 Å². The van der Waals surface area contributed by atoms with Gasteiger partial charge in [-0.2, -0.15) is 4.98 Å². The van der Waals surface area contributed by atoms with Gasteiger partial charge in [0.25, 0.3) is 0 Å². The third-order valence-corrected chi connectivity index (χ3v) is 3.08. The summed E-state index contributed by atoms with van der Waals surface area (Å²) in [4.78, 5) is 6.63. The maximum atomic E-state index is 5.08. The Hall–Kier alpha value is -0.420. The van der Waals surface area contributed by atoms with Gasteiger partial charge in [-0.3, -0.25) is 0 Å². The Morgan fingerprint density at radius 2 is 2.50 bits per heavy atom. The zero-order chi connectivity index (χ0) is 9.97. The standard InChI is InChI=1S/C9H14BrN3O/c1-2-13-5-3-4-7(13)6-8-11-9(10)12-14-8/h7H,2-6H2,1H3. The zero-order valence-electron chi connectivity index (χ0n) is 8.24. The van der Waals surface area contributed by atoms with Gasteiger partial charge in [-0.05, 0) is 47.0 Å². The molecule has 1 aromatic heterocycles. The summed E-state index contributed by atoms with van der Waals surface area (Å²) in [5.74, 6) is 0.738. The van der Waals surface area contributed by atoms with Gasteiger partial charge in [-0.1, -0.05) is 6.92 Å². The van der Waals surface area contributed by atoms with Crippen LogP contribution in [0.1, 0.15) is 25.7 Å². The van der Waals surface area contributed by atoms with E-state index in [4.69, 9.17) is 4.52 Å². The van der Waals surface area contributed by atoms with E-state index < -0.39 is 0 Å². The van der Waals surface area contributed by atoms with Crippen LogP contribution in [0, 0.1) is 0 Å². The first-order valence-corrected chi connectivity index (χ1v) is 5.81. The molecule has 1 aromatic rings. The molecule has 0 radical (unpaired) electrons. The summed E-state index contributed by atoms with van der Waals surface area (Å²) in [6, 6.07) is 0.590. The Balaban J connectivity index is 1.96. The van der Waals surface area contributed by atoms with Gasteiger partial charge in [0.05, 0.1) is 0 Å². The van der Waals surface area contributed by atoms with E-state index >= 15 is 0 Å². The monoisotopic (exact) mass is 259 g/mol. The average Bonchev–Trinajstić information content (AvgIpc) is 2.76. The summed E-state index contributed by atoms with van der Waals surface area (Å²) in [6.07, 6.45) is 3.41. The van der Waals surface area contributed by atoms with Crippen LogP contribution in [0.3, 0.4) is 0 Å². The third kappa shape index (κ3) is 2.15. The van der Waals surface area contributed by atoms with Crippen molar-refractivity contribution in [2.45, 2.75) is 32.2 Å². The van der Waals surface area contributed by atoms with Crippen molar-refractivity contribution < 1.29 is 4.52 Å². The molecule has 0 saturated carbocycles. The lowest BCUT2D eigenvalue weighted by Gasteiger charge is -2.20. The third-order valence-electron chi connectivity index (χ3n) is 2.76. The SMILES string of the molecule is CCN1CCCC1Cc1nc(Br)no1. The van der Waals surface area contributed by atoms with E-state index in [1.54, 1.807) is 0 Å². The van der Waals surface area contributed by atoms with Crippen LogP contribution in [-0.2, 0) is 6.42 Å². The molecule has 4 nitrogen and oxygen atoms in total. The number of likely N-dealkylation sites (tertiary alicyclic amines) is 1. The topological polar surface area (TPSA) is 42.2 Å². The molecule has 1 aliphatic heterocycles. The van der Waals surface area contributed by atoms with Crippen LogP contribution in [0.15, 0.2) is 9.26 Å². The highest BCUT2D eigenvalue weighted by Crippen LogP contribution is 2.20. The summed E-state index contributed by atoms with van der Waals surface area (Å²) >= 11 is 3.18. The number of likely N-dealkylation sites (N-methyl/N-ethyl adjacent to an activating group) is 1. The molecular weight excluding hydrogens is 246 g/mol. The molecule has 78 valence electrons. The zero-order valence-corrected chi connectivity index (χ0v) is 9.83. The van der Waals surface area contributed by atoms with Crippen LogP contribution >= 0.6 is 15.9 Å². The normalized spacial score (nSPS) is 23.1. The number of hydrogen-bond acceptors (Lipinski definition) is 4. The van der Waals surface area contributed by atoms with Crippen LogP contribution in [0.5, 0.6) is 0 Å². The van der Waals surface area contributed by atoms with Gasteiger partial charge in [-0.15, -0.1) is 0 Å². The van der Waals surface area contributed by atoms with Gasteiger partial charge in [0, 0.05) is 12.5 Å². The predicted molar refractivity (Wildman–Crippen MR) is 56.0 cm³/mol. The molecule has 0 bridgehead atoms. The van der Waals surface area contributed by atoms with Crippen LogP contribution in [0.25, 0.3) is 0 Å². The van der Waals surface area contributed by atoms with Crippen molar-refractivity contribution in [3.05, 3.63) is 10.6 Å². The lowest BCUT2D eigenvalue weighted by Crippen LogP contribution is -2.30. The first-order valence-electron chi connectivity index (χ1n) is 5.01. The van der Waals surface area contributed by atoms with Crippen LogP contribution in [-0.4, -0.2) is 34.2 Å². The molecule has 1 fully saturated rings. The van der Waals surface area contributed by atoms with Crippen LogP contribution < -0.4 is 0 Å². The van der Waals surface area contributed by atoms with Gasteiger partial charge in [-0.25, -0.2) is 0 Å². The maximum Gasteiger partial charge on any atom is 0.238 e. The average molecular weight is 260 g/mol. The molecule has 0 N–H and O–H groups in total. The summed E-state index contributed by atoms with van der Waals surface area (Å²) < 4.78 is 5.63. The molecule has 0 amide bonds. The van der Waals surface area contributed by atoms with Crippen LogP contribution in [0.2, 0.25) is 0 Å². The molecule has 1 atom stereocenters. The highest BCUT2D eigenvalue weighted by atomic mass is 79.9. The molecule has 1 aliphatic rings. The Morgan fingerprint density at radius 3 is 3.14 bits per heavy atom. The van der Waals surface area contributed by atoms with E-state index in [1.807, 2.05) is 0 Å². The quantitative estimate of drug-likeness (QED) is 0.831. The number of aromatic nitrogens is 2. The highest BCUT2D eigenvalue weighted by molar-refractivity contribution is 9.10. The summed E-state index contributed by atoms with van der Waals surface area (Å²) in [7, 11) is 0. The van der Waals surface area contributed by atoms with Crippen molar-refractivity contribution in [2.75, 3.05) is 13.1 Å². The molecule has 2 rings (SSSR count). The Bertz CT molecular complexity index is 302. The van der Waals surface area contributed by atoms with E-state index in [-0.39, 0.29) is 0 Å². The molecule has 0 spiro atoms. The minimum atomic E-state index is 0.550. The Morgan fingerprint density at radius 1 is 1.64 bits per heavy atom. The van der Waals surface area contributed by atoms with Crippen molar-refractivity contribution in [1.82, 2.24) is 15.0 Å². The minimum Gasteiger partial charge on any atom is -0.338 e. The minimum absolute atomic E-state index is 0.550. The first-order chi connectivity index (χ1) is 6.79. The molecule has 1 unspecified atom stereocenters. The number of hydrogen-bond donors (Lipinski definition) is 0. The van der Waals surface area contributed by atoms with Gasteiger partial charge in [0.2, 0.25) is 10.6 Å². The summed E-state index contributed by atoms with van der Waals surface area (Å²) in [5, 5.41) is 3.72. The van der Waals surface area contributed by atoms with Gasteiger partial charge >= 0.3 is 0 Å². The summed E-state index contributed by atoms with van der Waals surface area (Å²) in [6.45, 7) is 4.51. The molecule has 0 aromatic carbocycles. The van der Waals surface area contributed by atoms with E-state index in [0.29, 0.717) is 10.8 Å². The summed E-state index contributed by atoms with van der Waals surface area (Å²) in [5.41, 5.74) is 0. The Labute approximate surface area is 91.8 Å². The number of rotatable bonds is 3. The van der Waals surface area contributed by atoms with Crippen molar-refractivity contribution in [3.8, 4) is 0 Å². The maximum absolute atomic E-state index is 5.08. The fourth-order valence-corrected chi connectivity index (χ4v) is 2.33. The van der Waals surface area contributed by atoms with E-state index in [0.717, 1.165) is 18.9 Å². The molecule has 0 aliphatic carbocycles. The highest BCUT2D eigenvalue weighted by Gasteiger charge is 2.24. The van der Waals surface area contributed by atoms with E-state index in [1.165, 1.54) is 19.4 Å². The Kier molecular flexibility index (Phi) is 3.18. The smallest absolute Gasteiger partial charge is 0.238 e. The molecule has 1 saturated heterocycles. The number of nitrogens with zero attached hydrogens (tertiary/aromatic N) is 3. The fourth-order valence-electron chi connectivity index (χ4n) is 2.06. The predicted octanol–water partition coefficient (Wildman–Crippen LogP) is 1.86. The van der Waals surface area contributed by atoms with Gasteiger partial charge in [0.15, 0.2) is 0 Å². The lowest BCUT2D eigenvalue weighted by molar-refractivity contribution is 0.246. The number of halogens is 1.